The predicted molar refractivity (Wildman–Crippen MR) is 101 cm³/mol. The first-order valence-electron chi connectivity index (χ1n) is 9.38. The van der Waals surface area contributed by atoms with Crippen LogP contribution in [-0.2, 0) is 0 Å². The molecule has 6 nitrogen and oxygen atoms in total. The van der Waals surface area contributed by atoms with Gasteiger partial charge in [0, 0.05) is 35.7 Å². The van der Waals surface area contributed by atoms with E-state index in [1.807, 2.05) is 24.3 Å². The summed E-state index contributed by atoms with van der Waals surface area (Å²) >= 11 is 0. The van der Waals surface area contributed by atoms with E-state index in [2.05, 4.69) is 20.6 Å². The highest BCUT2D eigenvalue weighted by atomic mass is 16.1. The summed E-state index contributed by atoms with van der Waals surface area (Å²) in [6, 6.07) is 8.05. The lowest BCUT2D eigenvalue weighted by atomic mass is 9.67. The number of nitrogens with zero attached hydrogens (tertiary/aromatic N) is 2. The summed E-state index contributed by atoms with van der Waals surface area (Å²) in [7, 11) is 0. The summed E-state index contributed by atoms with van der Waals surface area (Å²) in [5, 5.41) is 6.48. The minimum atomic E-state index is -0.00910. The molecule has 0 aliphatic heterocycles. The van der Waals surface area contributed by atoms with E-state index in [1.165, 1.54) is 19.3 Å². The smallest absolute Gasteiger partial charge is 0.251 e. The number of amides is 1. The first-order valence-corrected chi connectivity index (χ1v) is 9.38. The van der Waals surface area contributed by atoms with Gasteiger partial charge in [-0.05, 0) is 55.7 Å². The van der Waals surface area contributed by atoms with Crippen LogP contribution < -0.4 is 16.4 Å². The lowest BCUT2D eigenvalue weighted by Gasteiger charge is -2.45. The van der Waals surface area contributed by atoms with Crippen LogP contribution in [0.15, 0.2) is 42.9 Å². The predicted octanol–water partition coefficient (Wildman–Crippen LogP) is 2.86. The normalized spacial score (nSPS) is 27.6. The Kier molecular flexibility index (Phi) is 4.84. The molecule has 1 aromatic heterocycles. The second-order valence-electron chi connectivity index (χ2n) is 7.48. The molecule has 0 spiro atoms. The van der Waals surface area contributed by atoms with Crippen molar-refractivity contribution < 1.29 is 4.79 Å². The lowest BCUT2D eigenvalue weighted by Crippen LogP contribution is -2.53. The zero-order valence-corrected chi connectivity index (χ0v) is 14.8. The summed E-state index contributed by atoms with van der Waals surface area (Å²) in [6.45, 7) is 0. The maximum Gasteiger partial charge on any atom is 0.251 e. The van der Waals surface area contributed by atoms with Gasteiger partial charge in [0.05, 0.1) is 6.20 Å². The van der Waals surface area contributed by atoms with Crippen molar-refractivity contribution in [3.8, 4) is 0 Å². The highest BCUT2D eigenvalue weighted by Gasteiger charge is 2.39. The van der Waals surface area contributed by atoms with Gasteiger partial charge in [-0.1, -0.05) is 12.5 Å². The Bertz CT molecular complexity index is 752. The van der Waals surface area contributed by atoms with Gasteiger partial charge >= 0.3 is 0 Å². The van der Waals surface area contributed by atoms with Crippen LogP contribution in [-0.4, -0.2) is 28.0 Å². The van der Waals surface area contributed by atoms with E-state index in [1.54, 1.807) is 18.6 Å². The van der Waals surface area contributed by atoms with E-state index in [9.17, 15) is 4.79 Å². The number of hydrogen-bond donors (Lipinski definition) is 3. The Morgan fingerprint density at radius 2 is 1.96 bits per heavy atom. The molecule has 6 heteroatoms. The van der Waals surface area contributed by atoms with Crippen LogP contribution in [0, 0.1) is 11.8 Å². The van der Waals surface area contributed by atoms with Crippen molar-refractivity contribution in [3.05, 3.63) is 48.4 Å². The molecule has 4 rings (SSSR count). The van der Waals surface area contributed by atoms with E-state index in [4.69, 9.17) is 5.73 Å². The third-order valence-electron chi connectivity index (χ3n) is 5.63. The first-order chi connectivity index (χ1) is 12.7. The van der Waals surface area contributed by atoms with Crippen molar-refractivity contribution >= 4 is 17.4 Å². The Labute approximate surface area is 153 Å². The molecule has 4 N–H and O–H groups in total. The molecule has 2 atom stereocenters. The number of nitrogens with one attached hydrogen (secondary N) is 2. The minimum absolute atomic E-state index is 0.00910. The maximum absolute atomic E-state index is 12.8. The van der Waals surface area contributed by atoms with Crippen LogP contribution >= 0.6 is 0 Å². The number of fused-ring (bicyclic) bond motifs is 2. The van der Waals surface area contributed by atoms with Crippen molar-refractivity contribution in [3.63, 3.8) is 0 Å². The van der Waals surface area contributed by atoms with Gasteiger partial charge in [0.25, 0.3) is 5.91 Å². The number of nitrogens with two attached hydrogens (primary N) is 1. The molecule has 2 bridgehead atoms. The van der Waals surface area contributed by atoms with Crippen LogP contribution in [0.2, 0.25) is 0 Å². The first kappa shape index (κ1) is 17.0. The molecule has 2 fully saturated rings. The van der Waals surface area contributed by atoms with Gasteiger partial charge in [-0.2, -0.15) is 0 Å². The molecule has 1 aromatic carbocycles. The van der Waals surface area contributed by atoms with Crippen molar-refractivity contribution in [2.24, 2.45) is 17.6 Å². The number of aromatic nitrogens is 2. The van der Waals surface area contributed by atoms with Gasteiger partial charge in [0.2, 0.25) is 0 Å². The molecular weight excluding hydrogens is 326 g/mol. The highest BCUT2D eigenvalue weighted by Crippen LogP contribution is 2.39. The van der Waals surface area contributed by atoms with E-state index < -0.39 is 0 Å². The molecule has 1 amide bonds. The van der Waals surface area contributed by atoms with E-state index >= 15 is 0 Å². The number of carbonyl (C=O) groups excluding carboxylic acids is 1. The summed E-state index contributed by atoms with van der Waals surface area (Å²) in [6.07, 6.45) is 10.6. The molecule has 2 saturated carbocycles. The summed E-state index contributed by atoms with van der Waals surface area (Å²) in [5.41, 5.74) is 7.67. The topological polar surface area (TPSA) is 92.9 Å². The third-order valence-corrected chi connectivity index (χ3v) is 5.63. The zero-order chi connectivity index (χ0) is 17.9. The molecular formula is C20H25N5O. The van der Waals surface area contributed by atoms with Gasteiger partial charge < -0.3 is 16.4 Å². The molecule has 2 aliphatic carbocycles. The van der Waals surface area contributed by atoms with Crippen molar-refractivity contribution in [2.75, 3.05) is 5.32 Å². The Hall–Kier alpha value is -2.47. The molecule has 1 heterocycles. The Morgan fingerprint density at radius 3 is 2.69 bits per heavy atom. The average molecular weight is 351 g/mol. The molecule has 136 valence electrons. The fraction of sp³-hybridized carbons (Fsp3) is 0.450. The number of hydrogen-bond acceptors (Lipinski definition) is 5. The van der Waals surface area contributed by atoms with Gasteiger partial charge in [-0.25, -0.2) is 4.98 Å². The quantitative estimate of drug-likeness (QED) is 0.788. The molecule has 26 heavy (non-hydrogen) atoms. The average Bonchev–Trinajstić information content (AvgIpc) is 2.63. The van der Waals surface area contributed by atoms with Crippen LogP contribution in [0.4, 0.5) is 11.5 Å². The minimum Gasteiger partial charge on any atom is -0.349 e. The summed E-state index contributed by atoms with van der Waals surface area (Å²) < 4.78 is 0. The van der Waals surface area contributed by atoms with Gasteiger partial charge in [-0.15, -0.1) is 0 Å². The second-order valence-corrected chi connectivity index (χ2v) is 7.48. The van der Waals surface area contributed by atoms with Crippen LogP contribution in [0.5, 0.6) is 0 Å². The van der Waals surface area contributed by atoms with Crippen molar-refractivity contribution in [1.82, 2.24) is 15.3 Å². The van der Waals surface area contributed by atoms with Gasteiger partial charge in [-0.3, -0.25) is 9.78 Å². The SMILES string of the molecule is NC1CC2CCCC(C1)C2NC(=O)c1cccc(Nc2cnccn2)c1. The number of rotatable bonds is 4. The monoisotopic (exact) mass is 351 g/mol. The van der Waals surface area contributed by atoms with E-state index in [0.717, 1.165) is 18.5 Å². The van der Waals surface area contributed by atoms with E-state index in [0.29, 0.717) is 23.2 Å². The highest BCUT2D eigenvalue weighted by molar-refractivity contribution is 5.95. The molecule has 0 radical (unpaired) electrons. The van der Waals surface area contributed by atoms with Crippen molar-refractivity contribution in [2.45, 2.75) is 44.2 Å². The van der Waals surface area contributed by atoms with Crippen LogP contribution in [0.25, 0.3) is 0 Å². The second kappa shape index (κ2) is 7.41. The Morgan fingerprint density at radius 1 is 1.15 bits per heavy atom. The van der Waals surface area contributed by atoms with Gasteiger partial charge in [0.15, 0.2) is 0 Å². The van der Waals surface area contributed by atoms with Crippen LogP contribution in [0.1, 0.15) is 42.5 Å². The summed E-state index contributed by atoms with van der Waals surface area (Å²) in [4.78, 5) is 21.1. The fourth-order valence-corrected chi connectivity index (χ4v) is 4.51. The summed E-state index contributed by atoms with van der Waals surface area (Å²) in [5.74, 6) is 1.68. The number of anilines is 2. The maximum atomic E-state index is 12.8. The van der Waals surface area contributed by atoms with Crippen molar-refractivity contribution in [1.29, 1.82) is 0 Å². The lowest BCUT2D eigenvalue weighted by molar-refractivity contribution is 0.0756. The Balaban J connectivity index is 1.46. The third kappa shape index (κ3) is 3.70. The molecule has 2 aliphatic rings. The molecule has 2 unspecified atom stereocenters. The van der Waals surface area contributed by atoms with E-state index in [-0.39, 0.29) is 18.0 Å². The largest absolute Gasteiger partial charge is 0.349 e. The fourth-order valence-electron chi connectivity index (χ4n) is 4.51. The number of carbonyl (C=O) groups is 1. The van der Waals surface area contributed by atoms with Crippen LogP contribution in [0.3, 0.4) is 0 Å². The van der Waals surface area contributed by atoms with Gasteiger partial charge in [0.1, 0.15) is 5.82 Å². The molecule has 0 saturated heterocycles. The number of benzene rings is 1. The zero-order valence-electron chi connectivity index (χ0n) is 14.8. The standard InChI is InChI=1S/C20H25N5O/c21-16-9-13-3-1-4-14(10-16)19(13)25-20(26)15-5-2-6-17(11-15)24-18-12-22-7-8-23-18/h2,5-8,11-14,16,19H,1,3-4,9-10,21H2,(H,23,24)(H,25,26). The molecule has 2 aromatic rings.